The van der Waals surface area contributed by atoms with E-state index in [-0.39, 0.29) is 0 Å². The summed E-state index contributed by atoms with van der Waals surface area (Å²) in [7, 11) is 4.44. The Labute approximate surface area is 62.8 Å². The third kappa shape index (κ3) is 0.867. The van der Waals surface area contributed by atoms with Gasteiger partial charge in [0, 0.05) is 25.0 Å². The van der Waals surface area contributed by atoms with Gasteiger partial charge in [0.2, 0.25) is 0 Å². The molecular formula is C8H16N2. The number of hydrogen-bond donors (Lipinski definition) is 0. The average Bonchev–Trinajstić information content (AvgIpc) is 2.10. The standard InChI is InChI=1S/C8H16N2/c1-9-4-3-8(5-9)6-10(2)7-8/h3-7H2,1-2H3. The Morgan fingerprint density at radius 2 is 1.60 bits per heavy atom. The molecule has 2 saturated heterocycles. The largest absolute Gasteiger partial charge is 0.306 e. The highest BCUT2D eigenvalue weighted by Gasteiger charge is 2.44. The molecule has 2 heterocycles. The van der Waals surface area contributed by atoms with Gasteiger partial charge in [-0.1, -0.05) is 0 Å². The van der Waals surface area contributed by atoms with Gasteiger partial charge < -0.3 is 9.80 Å². The fourth-order valence-corrected chi connectivity index (χ4v) is 2.52. The van der Waals surface area contributed by atoms with Crippen LogP contribution in [0.2, 0.25) is 0 Å². The number of nitrogens with zero attached hydrogens (tertiary/aromatic N) is 2. The van der Waals surface area contributed by atoms with Crippen molar-refractivity contribution in [3.05, 3.63) is 0 Å². The first kappa shape index (κ1) is 6.62. The van der Waals surface area contributed by atoms with Gasteiger partial charge in [-0.05, 0) is 27.1 Å². The molecule has 0 radical (unpaired) electrons. The van der Waals surface area contributed by atoms with E-state index >= 15 is 0 Å². The summed E-state index contributed by atoms with van der Waals surface area (Å²) in [5, 5.41) is 0. The molecule has 0 aromatic heterocycles. The van der Waals surface area contributed by atoms with Crippen molar-refractivity contribution < 1.29 is 0 Å². The molecule has 10 heavy (non-hydrogen) atoms. The topological polar surface area (TPSA) is 6.48 Å². The van der Waals surface area contributed by atoms with Gasteiger partial charge in [0.05, 0.1) is 0 Å². The monoisotopic (exact) mass is 140 g/mol. The van der Waals surface area contributed by atoms with E-state index in [4.69, 9.17) is 0 Å². The van der Waals surface area contributed by atoms with Gasteiger partial charge in [0.15, 0.2) is 0 Å². The van der Waals surface area contributed by atoms with Gasteiger partial charge >= 0.3 is 0 Å². The molecule has 2 nitrogen and oxygen atoms in total. The van der Waals surface area contributed by atoms with Crippen LogP contribution in [0.25, 0.3) is 0 Å². The van der Waals surface area contributed by atoms with Crippen molar-refractivity contribution in [2.24, 2.45) is 5.41 Å². The van der Waals surface area contributed by atoms with Crippen LogP contribution in [0.4, 0.5) is 0 Å². The van der Waals surface area contributed by atoms with Crippen molar-refractivity contribution in [2.75, 3.05) is 40.3 Å². The minimum atomic E-state index is 0.712. The molecule has 2 heteroatoms. The molecule has 0 unspecified atom stereocenters. The molecule has 1 spiro atoms. The first-order valence-corrected chi connectivity index (χ1v) is 4.07. The predicted molar refractivity (Wildman–Crippen MR) is 42.0 cm³/mol. The lowest BCUT2D eigenvalue weighted by Crippen LogP contribution is -2.55. The molecule has 2 aliphatic rings. The van der Waals surface area contributed by atoms with Crippen molar-refractivity contribution in [1.29, 1.82) is 0 Å². The minimum absolute atomic E-state index is 0.712. The molecule has 2 rings (SSSR count). The molecule has 0 aromatic rings. The predicted octanol–water partition coefficient (Wildman–Crippen LogP) is 0.254. The van der Waals surface area contributed by atoms with Gasteiger partial charge in [0.1, 0.15) is 0 Å². The van der Waals surface area contributed by atoms with Crippen molar-refractivity contribution in [3.63, 3.8) is 0 Å². The Kier molecular flexibility index (Phi) is 1.29. The normalized spacial score (nSPS) is 33.0. The number of rotatable bonds is 0. The van der Waals surface area contributed by atoms with Gasteiger partial charge in [0.25, 0.3) is 0 Å². The van der Waals surface area contributed by atoms with Gasteiger partial charge in [-0.15, -0.1) is 0 Å². The molecule has 0 atom stereocenters. The van der Waals surface area contributed by atoms with Crippen LogP contribution in [0.1, 0.15) is 6.42 Å². The van der Waals surface area contributed by atoms with Gasteiger partial charge in [-0.2, -0.15) is 0 Å². The summed E-state index contributed by atoms with van der Waals surface area (Å²) in [6.45, 7) is 5.31. The van der Waals surface area contributed by atoms with Crippen LogP contribution < -0.4 is 0 Å². The molecule has 0 aliphatic carbocycles. The van der Waals surface area contributed by atoms with Crippen LogP contribution in [0.15, 0.2) is 0 Å². The van der Waals surface area contributed by atoms with E-state index in [2.05, 4.69) is 23.9 Å². The second-order valence-corrected chi connectivity index (χ2v) is 4.16. The van der Waals surface area contributed by atoms with Crippen LogP contribution in [-0.2, 0) is 0 Å². The Balaban J connectivity index is 1.95. The second-order valence-electron chi connectivity index (χ2n) is 4.16. The lowest BCUT2D eigenvalue weighted by molar-refractivity contribution is 0.0329. The summed E-state index contributed by atoms with van der Waals surface area (Å²) in [5.74, 6) is 0. The summed E-state index contributed by atoms with van der Waals surface area (Å²) in [4.78, 5) is 4.87. The maximum absolute atomic E-state index is 2.45. The summed E-state index contributed by atoms with van der Waals surface area (Å²) in [6, 6.07) is 0. The van der Waals surface area contributed by atoms with Gasteiger partial charge in [-0.3, -0.25) is 0 Å². The zero-order valence-corrected chi connectivity index (χ0v) is 6.93. The van der Waals surface area contributed by atoms with E-state index in [0.29, 0.717) is 5.41 Å². The second kappa shape index (κ2) is 1.95. The number of likely N-dealkylation sites (tertiary alicyclic amines) is 2. The summed E-state index contributed by atoms with van der Waals surface area (Å²) < 4.78 is 0. The molecule has 0 saturated carbocycles. The van der Waals surface area contributed by atoms with Crippen LogP contribution >= 0.6 is 0 Å². The van der Waals surface area contributed by atoms with E-state index in [1.54, 1.807) is 0 Å². The highest BCUT2D eigenvalue weighted by Crippen LogP contribution is 2.37. The van der Waals surface area contributed by atoms with E-state index in [0.717, 1.165) is 0 Å². The van der Waals surface area contributed by atoms with Crippen LogP contribution in [0.3, 0.4) is 0 Å². The average molecular weight is 140 g/mol. The molecule has 0 amide bonds. The first-order valence-electron chi connectivity index (χ1n) is 4.07. The molecule has 0 N–H and O–H groups in total. The van der Waals surface area contributed by atoms with Crippen molar-refractivity contribution in [2.45, 2.75) is 6.42 Å². The van der Waals surface area contributed by atoms with E-state index in [1.807, 2.05) is 0 Å². The van der Waals surface area contributed by atoms with Crippen LogP contribution in [0.5, 0.6) is 0 Å². The molecule has 2 aliphatic heterocycles. The van der Waals surface area contributed by atoms with E-state index in [9.17, 15) is 0 Å². The van der Waals surface area contributed by atoms with Crippen LogP contribution in [0, 0.1) is 5.41 Å². The lowest BCUT2D eigenvalue weighted by Gasteiger charge is -2.46. The Morgan fingerprint density at radius 1 is 1.00 bits per heavy atom. The maximum atomic E-state index is 2.45. The Hall–Kier alpha value is -0.0800. The van der Waals surface area contributed by atoms with Gasteiger partial charge in [-0.25, -0.2) is 0 Å². The molecule has 2 fully saturated rings. The molecule has 0 bridgehead atoms. The number of hydrogen-bond acceptors (Lipinski definition) is 2. The van der Waals surface area contributed by atoms with E-state index in [1.165, 1.54) is 32.6 Å². The molecular weight excluding hydrogens is 124 g/mol. The fraction of sp³-hybridized carbons (Fsp3) is 1.00. The quantitative estimate of drug-likeness (QED) is 0.476. The summed E-state index contributed by atoms with van der Waals surface area (Å²) >= 11 is 0. The minimum Gasteiger partial charge on any atom is -0.306 e. The van der Waals surface area contributed by atoms with Crippen molar-refractivity contribution in [1.82, 2.24) is 9.80 Å². The fourth-order valence-electron chi connectivity index (χ4n) is 2.52. The first-order chi connectivity index (χ1) is 4.70. The smallest absolute Gasteiger partial charge is 0.00965 e. The van der Waals surface area contributed by atoms with E-state index < -0.39 is 0 Å². The summed E-state index contributed by atoms with van der Waals surface area (Å²) in [6.07, 6.45) is 1.42. The zero-order chi connectivity index (χ0) is 7.19. The Morgan fingerprint density at radius 3 is 2.00 bits per heavy atom. The third-order valence-corrected chi connectivity index (χ3v) is 2.84. The third-order valence-electron chi connectivity index (χ3n) is 2.84. The van der Waals surface area contributed by atoms with Crippen molar-refractivity contribution >= 4 is 0 Å². The maximum Gasteiger partial charge on any atom is 0.00965 e. The molecule has 58 valence electrons. The highest BCUT2D eigenvalue weighted by molar-refractivity contribution is 4.99. The zero-order valence-electron chi connectivity index (χ0n) is 6.93. The lowest BCUT2D eigenvalue weighted by atomic mass is 9.80. The van der Waals surface area contributed by atoms with Crippen molar-refractivity contribution in [3.8, 4) is 0 Å². The molecule has 0 aromatic carbocycles. The Bertz CT molecular complexity index is 133. The van der Waals surface area contributed by atoms with Crippen LogP contribution in [-0.4, -0.2) is 50.1 Å². The SMILES string of the molecule is CN1CCC2(C1)CN(C)C2. The summed E-state index contributed by atoms with van der Waals surface area (Å²) in [5.41, 5.74) is 0.712. The highest BCUT2D eigenvalue weighted by atomic mass is 15.2.